The summed E-state index contributed by atoms with van der Waals surface area (Å²) in [6.07, 6.45) is 2.23. The molecule has 2 aromatic rings. The van der Waals surface area contributed by atoms with Crippen LogP contribution in [0.3, 0.4) is 0 Å². The van der Waals surface area contributed by atoms with Crippen LogP contribution in [-0.2, 0) is 7.05 Å². The molecule has 0 bridgehead atoms. The highest BCUT2D eigenvalue weighted by Gasteiger charge is 2.22. The largest absolute Gasteiger partial charge is 0.419 e. The lowest BCUT2D eigenvalue weighted by Gasteiger charge is -2.31. The Morgan fingerprint density at radius 1 is 1.40 bits per heavy atom. The Labute approximate surface area is 116 Å². The minimum atomic E-state index is -0.406. The summed E-state index contributed by atoms with van der Waals surface area (Å²) < 4.78 is 6.57. The number of carbonyl (C=O) groups is 1. The summed E-state index contributed by atoms with van der Waals surface area (Å²) in [5.41, 5.74) is 1.76. The number of fused-ring (bicyclic) bond motifs is 1. The van der Waals surface area contributed by atoms with Gasteiger partial charge in [0.1, 0.15) is 0 Å². The molecule has 5 nitrogen and oxygen atoms in total. The van der Waals surface area contributed by atoms with Crippen LogP contribution in [0, 0.1) is 5.92 Å². The number of carbonyl (C=O) groups excluding carboxylic acids is 1. The zero-order valence-electron chi connectivity index (χ0n) is 11.8. The van der Waals surface area contributed by atoms with Gasteiger partial charge in [-0.3, -0.25) is 9.36 Å². The molecule has 1 aromatic carbocycles. The van der Waals surface area contributed by atoms with Crippen molar-refractivity contribution in [2.24, 2.45) is 13.0 Å². The molecule has 3 rings (SSSR count). The van der Waals surface area contributed by atoms with Crippen LogP contribution in [0.25, 0.3) is 11.1 Å². The van der Waals surface area contributed by atoms with Crippen LogP contribution in [0.5, 0.6) is 0 Å². The molecule has 20 heavy (non-hydrogen) atoms. The van der Waals surface area contributed by atoms with E-state index in [1.165, 1.54) is 11.0 Å². The van der Waals surface area contributed by atoms with Crippen molar-refractivity contribution < 1.29 is 9.21 Å². The van der Waals surface area contributed by atoms with E-state index in [0.717, 1.165) is 19.5 Å². The highest BCUT2D eigenvalue weighted by molar-refractivity contribution is 5.97. The molecular formula is C15H18N2O3. The van der Waals surface area contributed by atoms with Crippen LogP contribution >= 0.6 is 0 Å². The number of hydrogen-bond donors (Lipinski definition) is 0. The van der Waals surface area contributed by atoms with Crippen molar-refractivity contribution in [1.29, 1.82) is 0 Å². The van der Waals surface area contributed by atoms with Crippen LogP contribution in [0.1, 0.15) is 30.1 Å². The Kier molecular flexibility index (Phi) is 3.12. The predicted octanol–water partition coefficient (Wildman–Crippen LogP) is 2.00. The van der Waals surface area contributed by atoms with Gasteiger partial charge in [0.2, 0.25) is 0 Å². The number of benzene rings is 1. The van der Waals surface area contributed by atoms with E-state index in [0.29, 0.717) is 22.6 Å². The van der Waals surface area contributed by atoms with E-state index < -0.39 is 5.76 Å². The first-order valence-electron chi connectivity index (χ1n) is 6.95. The van der Waals surface area contributed by atoms with Gasteiger partial charge in [0, 0.05) is 25.7 Å². The van der Waals surface area contributed by atoms with E-state index in [1.807, 2.05) is 4.90 Å². The second kappa shape index (κ2) is 4.81. The summed E-state index contributed by atoms with van der Waals surface area (Å²) in [4.78, 5) is 25.8. The predicted molar refractivity (Wildman–Crippen MR) is 75.8 cm³/mol. The first-order valence-corrected chi connectivity index (χ1v) is 6.95. The Balaban J connectivity index is 1.93. The lowest BCUT2D eigenvalue weighted by molar-refractivity contribution is 0.0683. The van der Waals surface area contributed by atoms with Crippen molar-refractivity contribution in [3.63, 3.8) is 0 Å². The summed E-state index contributed by atoms with van der Waals surface area (Å²) in [6.45, 7) is 3.77. The fourth-order valence-electron chi connectivity index (χ4n) is 2.82. The average molecular weight is 274 g/mol. The first-order chi connectivity index (χ1) is 9.56. The Morgan fingerprint density at radius 3 is 2.95 bits per heavy atom. The van der Waals surface area contributed by atoms with Gasteiger partial charge in [0.15, 0.2) is 5.58 Å². The van der Waals surface area contributed by atoms with Gasteiger partial charge in [-0.05, 0) is 37.0 Å². The number of amides is 1. The second-order valence-electron chi connectivity index (χ2n) is 5.61. The highest BCUT2D eigenvalue weighted by Crippen LogP contribution is 2.20. The zero-order valence-corrected chi connectivity index (χ0v) is 11.8. The molecule has 0 aliphatic carbocycles. The number of rotatable bonds is 1. The second-order valence-corrected chi connectivity index (χ2v) is 5.61. The minimum Gasteiger partial charge on any atom is -0.408 e. The summed E-state index contributed by atoms with van der Waals surface area (Å²) in [7, 11) is 1.65. The van der Waals surface area contributed by atoms with Gasteiger partial charge in [-0.1, -0.05) is 6.92 Å². The maximum Gasteiger partial charge on any atom is 0.419 e. The highest BCUT2D eigenvalue weighted by atomic mass is 16.4. The molecule has 1 fully saturated rings. The molecule has 1 amide bonds. The van der Waals surface area contributed by atoms with Crippen LogP contribution in [0.15, 0.2) is 27.4 Å². The standard InChI is InChI=1S/C15H18N2O3/c1-10-4-3-7-17(9-10)14(18)11-5-6-12-13(8-11)20-15(19)16(12)2/h5-6,8,10H,3-4,7,9H2,1-2H3. The first kappa shape index (κ1) is 13.0. The van der Waals surface area contributed by atoms with Gasteiger partial charge in [0.25, 0.3) is 5.91 Å². The number of piperidine rings is 1. The van der Waals surface area contributed by atoms with E-state index in [4.69, 9.17) is 4.42 Å². The van der Waals surface area contributed by atoms with Crippen molar-refractivity contribution in [2.75, 3.05) is 13.1 Å². The third-order valence-corrected chi connectivity index (χ3v) is 3.98. The van der Waals surface area contributed by atoms with E-state index in [2.05, 4.69) is 6.92 Å². The van der Waals surface area contributed by atoms with Crippen LogP contribution in [0.4, 0.5) is 0 Å². The van der Waals surface area contributed by atoms with Crippen LogP contribution in [-0.4, -0.2) is 28.5 Å². The summed E-state index contributed by atoms with van der Waals surface area (Å²) in [5, 5.41) is 0. The zero-order chi connectivity index (χ0) is 14.3. The van der Waals surface area contributed by atoms with Crippen molar-refractivity contribution in [3.8, 4) is 0 Å². The number of hydrogen-bond acceptors (Lipinski definition) is 3. The molecule has 2 heterocycles. The number of likely N-dealkylation sites (tertiary alicyclic amines) is 1. The fourth-order valence-corrected chi connectivity index (χ4v) is 2.82. The number of nitrogens with zero attached hydrogens (tertiary/aromatic N) is 2. The Bertz CT molecular complexity index is 713. The third kappa shape index (κ3) is 2.13. The molecule has 1 aliphatic heterocycles. The van der Waals surface area contributed by atoms with Crippen molar-refractivity contribution in [1.82, 2.24) is 9.47 Å². The molecule has 0 spiro atoms. The maximum atomic E-state index is 12.5. The normalized spacial score (nSPS) is 19.5. The quantitative estimate of drug-likeness (QED) is 0.799. The van der Waals surface area contributed by atoms with Crippen molar-refractivity contribution in [2.45, 2.75) is 19.8 Å². The summed E-state index contributed by atoms with van der Waals surface area (Å²) in [5.74, 6) is 0.159. The molecule has 0 N–H and O–H groups in total. The third-order valence-electron chi connectivity index (χ3n) is 3.98. The molecule has 1 aliphatic rings. The number of aryl methyl sites for hydroxylation is 1. The van der Waals surface area contributed by atoms with E-state index in [9.17, 15) is 9.59 Å². The van der Waals surface area contributed by atoms with Crippen molar-refractivity contribution >= 4 is 17.0 Å². The maximum absolute atomic E-state index is 12.5. The molecule has 106 valence electrons. The van der Waals surface area contributed by atoms with Crippen molar-refractivity contribution in [3.05, 3.63) is 34.3 Å². The topological polar surface area (TPSA) is 55.5 Å². The molecule has 1 unspecified atom stereocenters. The molecule has 0 saturated carbocycles. The van der Waals surface area contributed by atoms with E-state index >= 15 is 0 Å². The lowest BCUT2D eigenvalue weighted by atomic mass is 9.99. The Morgan fingerprint density at radius 2 is 2.20 bits per heavy atom. The SMILES string of the molecule is CC1CCCN(C(=O)c2ccc3c(c2)oc(=O)n3C)C1. The number of aromatic nitrogens is 1. The number of oxazole rings is 1. The van der Waals surface area contributed by atoms with E-state index in [-0.39, 0.29) is 5.91 Å². The molecule has 1 saturated heterocycles. The molecule has 1 atom stereocenters. The summed E-state index contributed by atoms with van der Waals surface area (Å²) >= 11 is 0. The van der Waals surface area contributed by atoms with Gasteiger partial charge in [-0.25, -0.2) is 4.79 Å². The lowest BCUT2D eigenvalue weighted by Crippen LogP contribution is -2.39. The van der Waals surface area contributed by atoms with Gasteiger partial charge in [0.05, 0.1) is 5.52 Å². The Hall–Kier alpha value is -2.04. The fraction of sp³-hybridized carbons (Fsp3) is 0.467. The van der Waals surface area contributed by atoms with Gasteiger partial charge < -0.3 is 9.32 Å². The van der Waals surface area contributed by atoms with E-state index in [1.54, 1.807) is 25.2 Å². The van der Waals surface area contributed by atoms with Gasteiger partial charge >= 0.3 is 5.76 Å². The minimum absolute atomic E-state index is 0.0185. The van der Waals surface area contributed by atoms with Gasteiger partial charge in [-0.2, -0.15) is 0 Å². The monoisotopic (exact) mass is 274 g/mol. The van der Waals surface area contributed by atoms with Crippen LogP contribution < -0.4 is 5.76 Å². The average Bonchev–Trinajstić information content (AvgIpc) is 2.73. The molecule has 1 aromatic heterocycles. The smallest absolute Gasteiger partial charge is 0.408 e. The summed E-state index contributed by atoms with van der Waals surface area (Å²) in [6, 6.07) is 5.19. The molecule has 0 radical (unpaired) electrons. The molecular weight excluding hydrogens is 256 g/mol. The molecule has 5 heteroatoms. The van der Waals surface area contributed by atoms with Crippen LogP contribution in [0.2, 0.25) is 0 Å². The van der Waals surface area contributed by atoms with Gasteiger partial charge in [-0.15, -0.1) is 0 Å².